The Labute approximate surface area is 97.5 Å². The van der Waals surface area contributed by atoms with Gasteiger partial charge in [-0.15, -0.1) is 0 Å². The van der Waals surface area contributed by atoms with Gasteiger partial charge >= 0.3 is 0 Å². The zero-order valence-electron chi connectivity index (χ0n) is 8.58. The largest absolute Gasteiger partial charge is 0.325 e. The molecule has 1 heterocycles. The number of hydrogen-bond acceptors (Lipinski definition) is 1. The molecule has 0 N–H and O–H groups in total. The number of nitrogens with zero attached hydrogens (tertiary/aromatic N) is 2. The summed E-state index contributed by atoms with van der Waals surface area (Å²) < 4.78 is 3.44. The SMILES string of the molecule is CC(C)(C)n1cnc2cc(I)ccc21. The Balaban J connectivity index is 2.70. The Bertz CT molecular complexity index is 466. The van der Waals surface area contributed by atoms with Gasteiger partial charge in [0, 0.05) is 9.11 Å². The summed E-state index contributed by atoms with van der Waals surface area (Å²) in [6, 6.07) is 6.36. The quantitative estimate of drug-likeness (QED) is 0.682. The monoisotopic (exact) mass is 300 g/mol. The number of hydrogen-bond donors (Lipinski definition) is 0. The molecule has 0 saturated carbocycles. The van der Waals surface area contributed by atoms with Crippen LogP contribution in [0, 0.1) is 3.57 Å². The first-order valence-electron chi connectivity index (χ1n) is 4.61. The molecule has 0 saturated heterocycles. The second-order valence-electron chi connectivity index (χ2n) is 4.42. The highest BCUT2D eigenvalue weighted by molar-refractivity contribution is 14.1. The number of halogens is 1. The van der Waals surface area contributed by atoms with Crippen molar-refractivity contribution in [2.45, 2.75) is 26.3 Å². The summed E-state index contributed by atoms with van der Waals surface area (Å²) in [6.07, 6.45) is 1.92. The van der Waals surface area contributed by atoms with Gasteiger partial charge in [-0.3, -0.25) is 0 Å². The zero-order chi connectivity index (χ0) is 10.3. The van der Waals surface area contributed by atoms with Gasteiger partial charge in [-0.1, -0.05) is 0 Å². The van der Waals surface area contributed by atoms with Crippen molar-refractivity contribution in [3.8, 4) is 0 Å². The molecule has 0 fully saturated rings. The average molecular weight is 300 g/mol. The van der Waals surface area contributed by atoms with E-state index in [1.165, 1.54) is 9.09 Å². The van der Waals surface area contributed by atoms with Gasteiger partial charge in [0.15, 0.2) is 0 Å². The van der Waals surface area contributed by atoms with E-state index >= 15 is 0 Å². The van der Waals surface area contributed by atoms with Crippen LogP contribution in [0.3, 0.4) is 0 Å². The zero-order valence-corrected chi connectivity index (χ0v) is 10.7. The van der Waals surface area contributed by atoms with Crippen molar-refractivity contribution < 1.29 is 0 Å². The lowest BCUT2D eigenvalue weighted by atomic mass is 10.1. The first kappa shape index (κ1) is 9.96. The molecule has 0 bridgehead atoms. The third-order valence-electron chi connectivity index (χ3n) is 2.23. The lowest BCUT2D eigenvalue weighted by Gasteiger charge is -2.21. The molecule has 74 valence electrons. The highest BCUT2D eigenvalue weighted by atomic mass is 127. The van der Waals surface area contributed by atoms with Crippen molar-refractivity contribution in [3.63, 3.8) is 0 Å². The average Bonchev–Trinajstić information content (AvgIpc) is 2.45. The highest BCUT2D eigenvalue weighted by Gasteiger charge is 2.15. The van der Waals surface area contributed by atoms with E-state index in [9.17, 15) is 0 Å². The van der Waals surface area contributed by atoms with Crippen LogP contribution in [0.4, 0.5) is 0 Å². The van der Waals surface area contributed by atoms with Gasteiger partial charge in [-0.25, -0.2) is 4.98 Å². The Morgan fingerprint density at radius 1 is 1.29 bits per heavy atom. The Kier molecular flexibility index (Phi) is 2.29. The van der Waals surface area contributed by atoms with Gasteiger partial charge in [0.05, 0.1) is 17.4 Å². The standard InChI is InChI=1S/C11H13IN2/c1-11(2,3)14-7-13-9-6-8(12)4-5-10(9)14/h4-7H,1-3H3. The maximum absolute atomic E-state index is 4.40. The van der Waals surface area contributed by atoms with Crippen LogP contribution in [-0.2, 0) is 5.54 Å². The molecule has 0 amide bonds. The number of imidazole rings is 1. The van der Waals surface area contributed by atoms with Crippen LogP contribution in [0.2, 0.25) is 0 Å². The van der Waals surface area contributed by atoms with Crippen molar-refractivity contribution in [3.05, 3.63) is 28.1 Å². The smallest absolute Gasteiger partial charge is 0.0963 e. The topological polar surface area (TPSA) is 17.8 Å². The van der Waals surface area contributed by atoms with Crippen LogP contribution in [0.5, 0.6) is 0 Å². The highest BCUT2D eigenvalue weighted by Crippen LogP contribution is 2.22. The minimum absolute atomic E-state index is 0.0987. The number of aromatic nitrogens is 2. The van der Waals surface area contributed by atoms with Crippen LogP contribution in [0.15, 0.2) is 24.5 Å². The molecule has 1 aromatic carbocycles. The molecule has 0 spiro atoms. The molecule has 2 rings (SSSR count). The van der Waals surface area contributed by atoms with Crippen molar-refractivity contribution in [1.82, 2.24) is 9.55 Å². The molecule has 0 unspecified atom stereocenters. The van der Waals surface area contributed by atoms with Crippen LogP contribution < -0.4 is 0 Å². The second kappa shape index (κ2) is 3.22. The number of rotatable bonds is 0. The summed E-state index contributed by atoms with van der Waals surface area (Å²) in [5.74, 6) is 0. The summed E-state index contributed by atoms with van der Waals surface area (Å²) in [7, 11) is 0. The maximum Gasteiger partial charge on any atom is 0.0963 e. The summed E-state index contributed by atoms with van der Waals surface area (Å²) in [5.41, 5.74) is 2.38. The second-order valence-corrected chi connectivity index (χ2v) is 5.66. The van der Waals surface area contributed by atoms with Crippen molar-refractivity contribution in [1.29, 1.82) is 0 Å². The van der Waals surface area contributed by atoms with Gasteiger partial charge < -0.3 is 4.57 Å². The van der Waals surface area contributed by atoms with Gasteiger partial charge in [-0.05, 0) is 61.6 Å². The van der Waals surface area contributed by atoms with E-state index in [0.29, 0.717) is 0 Å². The molecule has 0 aliphatic rings. The maximum atomic E-state index is 4.40. The third kappa shape index (κ3) is 1.65. The molecular formula is C11H13IN2. The Morgan fingerprint density at radius 2 is 2.00 bits per heavy atom. The van der Waals surface area contributed by atoms with Crippen molar-refractivity contribution >= 4 is 33.6 Å². The molecule has 0 atom stereocenters. The molecule has 0 radical (unpaired) electrons. The van der Waals surface area contributed by atoms with Crippen LogP contribution in [0.1, 0.15) is 20.8 Å². The van der Waals surface area contributed by atoms with E-state index in [2.05, 4.69) is 71.1 Å². The third-order valence-corrected chi connectivity index (χ3v) is 2.90. The fraction of sp³-hybridized carbons (Fsp3) is 0.364. The van der Waals surface area contributed by atoms with E-state index in [1.807, 2.05) is 6.33 Å². The summed E-state index contributed by atoms with van der Waals surface area (Å²) in [4.78, 5) is 4.40. The molecule has 1 aromatic heterocycles. The predicted octanol–water partition coefficient (Wildman–Crippen LogP) is 3.40. The Morgan fingerprint density at radius 3 is 2.64 bits per heavy atom. The fourth-order valence-corrected chi connectivity index (χ4v) is 2.00. The van der Waals surface area contributed by atoms with E-state index < -0.39 is 0 Å². The van der Waals surface area contributed by atoms with E-state index in [0.717, 1.165) is 5.52 Å². The van der Waals surface area contributed by atoms with Crippen molar-refractivity contribution in [2.24, 2.45) is 0 Å². The fourth-order valence-electron chi connectivity index (χ4n) is 1.52. The summed E-state index contributed by atoms with van der Waals surface area (Å²) in [6.45, 7) is 6.56. The van der Waals surface area contributed by atoms with Crippen LogP contribution in [-0.4, -0.2) is 9.55 Å². The van der Waals surface area contributed by atoms with Gasteiger partial charge in [0.2, 0.25) is 0 Å². The molecular weight excluding hydrogens is 287 g/mol. The lowest BCUT2D eigenvalue weighted by Crippen LogP contribution is -2.20. The van der Waals surface area contributed by atoms with Gasteiger partial charge in [-0.2, -0.15) is 0 Å². The van der Waals surface area contributed by atoms with E-state index in [4.69, 9.17) is 0 Å². The minimum Gasteiger partial charge on any atom is -0.325 e. The summed E-state index contributed by atoms with van der Waals surface area (Å²) in [5, 5.41) is 0. The predicted molar refractivity (Wildman–Crippen MR) is 67.4 cm³/mol. The Hall–Kier alpha value is -0.580. The summed E-state index contributed by atoms with van der Waals surface area (Å²) >= 11 is 2.31. The van der Waals surface area contributed by atoms with E-state index in [-0.39, 0.29) is 5.54 Å². The molecule has 14 heavy (non-hydrogen) atoms. The van der Waals surface area contributed by atoms with Crippen molar-refractivity contribution in [2.75, 3.05) is 0 Å². The van der Waals surface area contributed by atoms with Crippen LogP contribution in [0.25, 0.3) is 11.0 Å². The number of fused-ring (bicyclic) bond motifs is 1. The first-order valence-corrected chi connectivity index (χ1v) is 5.69. The van der Waals surface area contributed by atoms with Crippen LogP contribution >= 0.6 is 22.6 Å². The van der Waals surface area contributed by atoms with E-state index in [1.54, 1.807) is 0 Å². The molecule has 3 heteroatoms. The number of benzene rings is 1. The lowest BCUT2D eigenvalue weighted by molar-refractivity contribution is 0.408. The van der Waals surface area contributed by atoms with Gasteiger partial charge in [0.1, 0.15) is 0 Å². The normalized spacial score (nSPS) is 12.3. The molecule has 2 aromatic rings. The first-order chi connectivity index (χ1) is 6.48. The minimum atomic E-state index is 0.0987. The van der Waals surface area contributed by atoms with Gasteiger partial charge in [0.25, 0.3) is 0 Å². The molecule has 2 nitrogen and oxygen atoms in total. The molecule has 0 aliphatic heterocycles. The molecule has 0 aliphatic carbocycles.